The Labute approximate surface area is 201 Å². The van der Waals surface area contributed by atoms with Crippen molar-refractivity contribution < 1.29 is 13.9 Å². The lowest BCUT2D eigenvalue weighted by atomic mass is 10.2. The van der Waals surface area contributed by atoms with Gasteiger partial charge in [-0.05, 0) is 70.6 Å². The van der Waals surface area contributed by atoms with Crippen LogP contribution in [0.25, 0.3) is 33.5 Å². The summed E-state index contributed by atoms with van der Waals surface area (Å²) in [6, 6.07) is 21.8. The van der Waals surface area contributed by atoms with Gasteiger partial charge in [0.2, 0.25) is 5.82 Å². The molecule has 2 heterocycles. The van der Waals surface area contributed by atoms with E-state index in [-0.39, 0.29) is 5.56 Å². The van der Waals surface area contributed by atoms with E-state index >= 15 is 0 Å². The average Bonchev–Trinajstić information content (AvgIpc) is 3.24. The highest BCUT2D eigenvalue weighted by atomic mass is 127. The van der Waals surface area contributed by atoms with Gasteiger partial charge in [-0.2, -0.15) is 9.78 Å². The molecule has 33 heavy (non-hydrogen) atoms. The summed E-state index contributed by atoms with van der Waals surface area (Å²) in [6.07, 6.45) is 1.56. The molecular formula is C25H16IN3O4. The van der Waals surface area contributed by atoms with E-state index in [1.54, 1.807) is 36.5 Å². The Morgan fingerprint density at radius 1 is 1.09 bits per heavy atom. The van der Waals surface area contributed by atoms with Gasteiger partial charge in [0.1, 0.15) is 11.3 Å². The highest BCUT2D eigenvalue weighted by Crippen LogP contribution is 2.27. The number of para-hydroxylation sites is 2. The van der Waals surface area contributed by atoms with Crippen LogP contribution >= 0.6 is 22.6 Å². The Morgan fingerprint density at radius 2 is 1.88 bits per heavy atom. The summed E-state index contributed by atoms with van der Waals surface area (Å²) in [7, 11) is 0. The zero-order valence-electron chi connectivity index (χ0n) is 17.4. The fraction of sp³-hybridized carbons (Fsp3) is 0.0400. The topological polar surface area (TPSA) is 86.7 Å². The van der Waals surface area contributed by atoms with Crippen LogP contribution in [0.1, 0.15) is 12.5 Å². The third-order valence-corrected chi connectivity index (χ3v) is 5.77. The van der Waals surface area contributed by atoms with Crippen molar-refractivity contribution in [3.63, 3.8) is 0 Å². The highest BCUT2D eigenvalue weighted by Gasteiger charge is 2.16. The zero-order chi connectivity index (χ0) is 22.9. The Hall–Kier alpha value is -3.79. The van der Waals surface area contributed by atoms with Crippen LogP contribution in [-0.4, -0.2) is 21.8 Å². The van der Waals surface area contributed by atoms with Crippen molar-refractivity contribution in [1.82, 2.24) is 9.66 Å². The first kappa shape index (κ1) is 21.1. The minimum Gasteiger partial charge on any atom is -0.453 e. The van der Waals surface area contributed by atoms with E-state index < -0.39 is 5.97 Å². The largest absolute Gasteiger partial charge is 0.453 e. The number of ether oxygens (including phenoxy) is 1. The van der Waals surface area contributed by atoms with Gasteiger partial charge in [-0.25, -0.2) is 4.98 Å². The van der Waals surface area contributed by atoms with E-state index in [1.165, 1.54) is 11.6 Å². The summed E-state index contributed by atoms with van der Waals surface area (Å²) in [5, 5.41) is 5.81. The molecule has 162 valence electrons. The first-order chi connectivity index (χ1) is 16.0. The number of nitrogens with zero attached hydrogens (tertiary/aromatic N) is 3. The Bertz CT molecular complexity index is 1580. The molecular weight excluding hydrogens is 533 g/mol. The molecule has 0 aliphatic carbocycles. The first-order valence-electron chi connectivity index (χ1n) is 10.0. The van der Waals surface area contributed by atoms with Crippen molar-refractivity contribution in [3.05, 3.63) is 92.3 Å². The van der Waals surface area contributed by atoms with Crippen LogP contribution in [0.5, 0.6) is 5.75 Å². The van der Waals surface area contributed by atoms with Gasteiger partial charge in [-0.1, -0.05) is 30.3 Å². The average molecular weight is 549 g/mol. The SMILES string of the molecule is CC(=O)Oc1ccc(C=Nn2c(-c3cc4ccccc4o3)nc3ccccc3c2=O)cc1I. The number of halogens is 1. The van der Waals surface area contributed by atoms with Gasteiger partial charge >= 0.3 is 5.97 Å². The molecule has 0 saturated carbocycles. The van der Waals surface area contributed by atoms with Crippen molar-refractivity contribution in [2.75, 3.05) is 0 Å². The van der Waals surface area contributed by atoms with Crippen molar-refractivity contribution in [2.24, 2.45) is 5.10 Å². The monoisotopic (exact) mass is 549 g/mol. The number of esters is 1. The first-order valence-corrected chi connectivity index (χ1v) is 11.1. The molecule has 8 heteroatoms. The normalized spacial score (nSPS) is 11.5. The number of hydrogen-bond donors (Lipinski definition) is 0. The predicted octanol–water partition coefficient (Wildman–Crippen LogP) is 5.22. The summed E-state index contributed by atoms with van der Waals surface area (Å²) in [5.74, 6) is 0.819. The second-order valence-electron chi connectivity index (χ2n) is 7.25. The third-order valence-electron chi connectivity index (χ3n) is 4.93. The van der Waals surface area contributed by atoms with E-state index in [4.69, 9.17) is 9.15 Å². The second kappa shape index (κ2) is 8.62. The second-order valence-corrected chi connectivity index (χ2v) is 8.41. The van der Waals surface area contributed by atoms with Gasteiger partial charge in [-0.3, -0.25) is 9.59 Å². The van der Waals surface area contributed by atoms with Gasteiger partial charge in [0.05, 0.1) is 20.7 Å². The van der Waals surface area contributed by atoms with Crippen LogP contribution in [0.2, 0.25) is 0 Å². The summed E-state index contributed by atoms with van der Waals surface area (Å²) >= 11 is 2.08. The summed E-state index contributed by atoms with van der Waals surface area (Å²) in [4.78, 5) is 29.2. The van der Waals surface area contributed by atoms with Gasteiger partial charge in [0, 0.05) is 12.3 Å². The number of benzene rings is 3. The molecule has 0 amide bonds. The number of furan rings is 1. The molecule has 3 aromatic carbocycles. The van der Waals surface area contributed by atoms with Crippen LogP contribution in [0, 0.1) is 3.57 Å². The molecule has 0 radical (unpaired) electrons. The number of hydrogen-bond acceptors (Lipinski definition) is 6. The summed E-state index contributed by atoms with van der Waals surface area (Å²) in [5.41, 5.74) is 1.68. The molecule has 0 spiro atoms. The van der Waals surface area contributed by atoms with E-state index in [9.17, 15) is 9.59 Å². The highest BCUT2D eigenvalue weighted by molar-refractivity contribution is 14.1. The van der Waals surface area contributed by atoms with Gasteiger partial charge in [-0.15, -0.1) is 0 Å². The van der Waals surface area contributed by atoms with E-state index in [2.05, 4.69) is 32.7 Å². The van der Waals surface area contributed by atoms with Crippen LogP contribution in [0.3, 0.4) is 0 Å². The quantitative estimate of drug-likeness (QED) is 0.133. The van der Waals surface area contributed by atoms with Gasteiger partial charge < -0.3 is 9.15 Å². The molecule has 0 unspecified atom stereocenters. The summed E-state index contributed by atoms with van der Waals surface area (Å²) in [6.45, 7) is 1.35. The smallest absolute Gasteiger partial charge is 0.308 e. The lowest BCUT2D eigenvalue weighted by Crippen LogP contribution is -2.20. The fourth-order valence-corrected chi connectivity index (χ4v) is 4.09. The molecule has 0 fully saturated rings. The Morgan fingerprint density at radius 3 is 2.67 bits per heavy atom. The molecule has 0 aliphatic heterocycles. The van der Waals surface area contributed by atoms with Gasteiger partial charge in [0.15, 0.2) is 5.76 Å². The van der Waals surface area contributed by atoms with Crippen molar-refractivity contribution in [1.29, 1.82) is 0 Å². The molecule has 0 saturated heterocycles. The standard InChI is InChI=1S/C25H16IN3O4/c1-15(30)32-22-11-10-16(12-19(22)26)14-27-29-24(23-13-17-6-2-5-9-21(17)33-23)28-20-8-4-3-7-18(20)25(29)31/h2-14H,1H3. The lowest BCUT2D eigenvalue weighted by Gasteiger charge is -2.08. The molecule has 0 bridgehead atoms. The van der Waals surface area contributed by atoms with Crippen molar-refractivity contribution >= 4 is 56.6 Å². The Kier molecular flexibility index (Phi) is 5.51. The lowest BCUT2D eigenvalue weighted by molar-refractivity contribution is -0.131. The van der Waals surface area contributed by atoms with Crippen LogP contribution in [0.15, 0.2) is 87.1 Å². The van der Waals surface area contributed by atoms with Crippen LogP contribution < -0.4 is 10.3 Å². The maximum absolute atomic E-state index is 13.3. The number of aromatic nitrogens is 2. The molecule has 2 aromatic heterocycles. The molecule has 7 nitrogen and oxygen atoms in total. The van der Waals surface area contributed by atoms with Crippen molar-refractivity contribution in [3.8, 4) is 17.3 Å². The molecule has 0 N–H and O–H groups in total. The zero-order valence-corrected chi connectivity index (χ0v) is 19.5. The van der Waals surface area contributed by atoms with Gasteiger partial charge in [0.25, 0.3) is 5.56 Å². The summed E-state index contributed by atoms with van der Waals surface area (Å²) < 4.78 is 13.1. The minimum absolute atomic E-state index is 0.303. The molecule has 0 atom stereocenters. The molecule has 5 rings (SSSR count). The number of fused-ring (bicyclic) bond motifs is 2. The van der Waals surface area contributed by atoms with Crippen molar-refractivity contribution in [2.45, 2.75) is 6.92 Å². The number of carbonyl (C=O) groups excluding carboxylic acids is 1. The number of rotatable bonds is 4. The number of carbonyl (C=O) groups is 1. The van der Waals surface area contributed by atoms with E-state index in [0.29, 0.717) is 33.8 Å². The Balaban J connectivity index is 1.64. The van der Waals surface area contributed by atoms with Crippen LogP contribution in [-0.2, 0) is 4.79 Å². The minimum atomic E-state index is -0.390. The third kappa shape index (κ3) is 4.17. The van der Waals surface area contributed by atoms with E-state index in [1.807, 2.05) is 42.5 Å². The molecule has 5 aromatic rings. The van der Waals surface area contributed by atoms with E-state index in [0.717, 1.165) is 14.5 Å². The molecule has 0 aliphatic rings. The van der Waals surface area contributed by atoms with Crippen LogP contribution in [0.4, 0.5) is 0 Å². The maximum Gasteiger partial charge on any atom is 0.308 e. The fourth-order valence-electron chi connectivity index (χ4n) is 3.44. The predicted molar refractivity (Wildman–Crippen MR) is 135 cm³/mol. The maximum atomic E-state index is 13.3.